The van der Waals surface area contributed by atoms with Gasteiger partial charge in [0.15, 0.2) is 11.9 Å². The smallest absolute Gasteiger partial charge is 0.408 e. The number of fused-ring (bicyclic) bond motifs is 2. The monoisotopic (exact) mass is 751 g/mol. The largest absolute Gasteiger partial charge is 0.458 e. The van der Waals surface area contributed by atoms with Gasteiger partial charge in [-0.15, -0.1) is 0 Å². The highest BCUT2D eigenvalue weighted by atomic mass is 16.7. The number of ether oxygens (including phenoxy) is 5. The summed E-state index contributed by atoms with van der Waals surface area (Å²) in [4.78, 5) is 61.1. The number of hydrogen-bond donors (Lipinski definition) is 2. The van der Waals surface area contributed by atoms with Crippen molar-refractivity contribution < 1.29 is 48.0 Å². The number of para-hydroxylation sites is 1. The van der Waals surface area contributed by atoms with E-state index in [0.29, 0.717) is 6.42 Å². The van der Waals surface area contributed by atoms with Gasteiger partial charge in [-0.1, -0.05) is 65.0 Å². The normalized spacial score (nSPS) is 37.2. The first kappa shape index (κ1) is 41.4. The number of carbonyl (C=O) groups excluding carboxylic acids is 4. The van der Waals surface area contributed by atoms with Crippen molar-refractivity contribution in [2.45, 2.75) is 122 Å². The SMILES string of the molecule is CC[C@@H]1OC(=O)CC(=O)[C@H](C)[C@@H](O[C@@H]2O[C@H](C)C[C@H](N(C)C)[C@H]2O)[C@H](C)[C@@H](OC/C=C/c2cnc3ccccc3c2)[C@@H](C)C(=O)[C@@H](C)C2NC(=O)O[C@@]21C. The van der Waals surface area contributed by atoms with E-state index in [9.17, 15) is 24.3 Å². The van der Waals surface area contributed by atoms with Gasteiger partial charge in [0.1, 0.15) is 30.2 Å². The first-order chi connectivity index (χ1) is 25.5. The van der Waals surface area contributed by atoms with Crippen LogP contribution in [0, 0.1) is 23.7 Å². The van der Waals surface area contributed by atoms with Crippen molar-refractivity contribution in [2.24, 2.45) is 23.7 Å². The Hall–Kier alpha value is -3.75. The summed E-state index contributed by atoms with van der Waals surface area (Å²) in [6.07, 6.45) is -0.0444. The Bertz CT molecular complexity index is 1700. The van der Waals surface area contributed by atoms with E-state index in [4.69, 9.17) is 23.7 Å². The van der Waals surface area contributed by atoms with Crippen LogP contribution in [-0.4, -0.2) is 114 Å². The molecule has 0 saturated carbocycles. The Balaban J connectivity index is 1.52. The first-order valence-electron chi connectivity index (χ1n) is 19.1. The van der Waals surface area contributed by atoms with E-state index >= 15 is 0 Å². The van der Waals surface area contributed by atoms with E-state index in [2.05, 4.69) is 10.3 Å². The van der Waals surface area contributed by atoms with Gasteiger partial charge in [-0.2, -0.15) is 0 Å². The molecule has 1 aromatic heterocycles. The van der Waals surface area contributed by atoms with Crippen molar-refractivity contribution in [3.63, 3.8) is 0 Å². The number of rotatable bonds is 8. The third-order valence-electron chi connectivity index (χ3n) is 11.6. The molecule has 2 N–H and O–H groups in total. The van der Waals surface area contributed by atoms with Crippen LogP contribution in [0.4, 0.5) is 4.79 Å². The van der Waals surface area contributed by atoms with E-state index < -0.39 is 90.3 Å². The van der Waals surface area contributed by atoms with Gasteiger partial charge < -0.3 is 39.0 Å². The second kappa shape index (κ2) is 17.4. The van der Waals surface area contributed by atoms with Crippen LogP contribution >= 0.6 is 0 Å². The molecular weight excluding hydrogens is 694 g/mol. The average Bonchev–Trinajstić information content (AvgIpc) is 3.45. The molecule has 3 fully saturated rings. The lowest BCUT2D eigenvalue weighted by atomic mass is 9.74. The molecule has 13 nitrogen and oxygen atoms in total. The topological polar surface area (TPSA) is 163 Å². The number of pyridine rings is 1. The van der Waals surface area contributed by atoms with Crippen LogP contribution in [-0.2, 0) is 38.1 Å². The molecule has 0 spiro atoms. The highest BCUT2D eigenvalue weighted by Crippen LogP contribution is 2.38. The minimum absolute atomic E-state index is 0.108. The lowest BCUT2D eigenvalue weighted by molar-refractivity contribution is -0.281. The van der Waals surface area contributed by atoms with Gasteiger partial charge >= 0.3 is 12.1 Å². The summed E-state index contributed by atoms with van der Waals surface area (Å²) < 4.78 is 30.9. The predicted molar refractivity (Wildman–Crippen MR) is 201 cm³/mol. The summed E-state index contributed by atoms with van der Waals surface area (Å²) in [5.74, 6) is -4.55. The molecule has 3 aliphatic heterocycles. The number of amides is 1. The van der Waals surface area contributed by atoms with Crippen LogP contribution in [0.1, 0.15) is 73.3 Å². The Labute approximate surface area is 318 Å². The summed E-state index contributed by atoms with van der Waals surface area (Å²) in [6.45, 7) is 12.4. The number of aromatic nitrogens is 1. The number of benzene rings is 1. The van der Waals surface area contributed by atoms with Crippen LogP contribution in [0.25, 0.3) is 17.0 Å². The minimum Gasteiger partial charge on any atom is -0.458 e. The van der Waals surface area contributed by atoms with Gasteiger partial charge in [-0.05, 0) is 58.5 Å². The van der Waals surface area contributed by atoms with Gasteiger partial charge in [-0.25, -0.2) is 4.79 Å². The molecule has 5 rings (SSSR count). The third kappa shape index (κ3) is 8.86. The van der Waals surface area contributed by atoms with Crippen molar-refractivity contribution in [3.05, 3.63) is 48.2 Å². The molecule has 1 aromatic carbocycles. The van der Waals surface area contributed by atoms with E-state index in [-0.39, 0.29) is 31.0 Å². The predicted octanol–water partition coefficient (Wildman–Crippen LogP) is 4.72. The van der Waals surface area contributed by atoms with Crippen LogP contribution in [0.5, 0.6) is 0 Å². The van der Waals surface area contributed by atoms with Crippen molar-refractivity contribution in [1.29, 1.82) is 0 Å². The van der Waals surface area contributed by atoms with Gasteiger partial charge in [0.25, 0.3) is 0 Å². The van der Waals surface area contributed by atoms with Gasteiger partial charge in [0.2, 0.25) is 0 Å². The number of ketones is 2. The number of Topliss-reactive ketones (excluding diaryl/α,β-unsaturated/α-hetero) is 2. The number of alkyl carbamates (subject to hydrolysis) is 1. The fraction of sp³-hybridized carbons (Fsp3) is 0.634. The van der Waals surface area contributed by atoms with E-state index in [1.54, 1.807) is 40.8 Å². The number of likely N-dealkylation sites (N-methyl/N-ethyl adjacent to an activating group) is 1. The molecule has 3 saturated heterocycles. The minimum atomic E-state index is -1.38. The second-order valence-corrected chi connectivity index (χ2v) is 15.7. The standard InChI is InChI=1S/C41H57N3O10/c1-10-32-41(7)38(43-40(49)54-41)25(5)34(47)24(4)36(50-17-13-14-27-19-28-15-11-12-16-29(28)42-21-27)26(6)37(23(3)31(45)20-33(46)52-32)53-39-35(48)30(44(8)9)18-22(2)51-39/h11-16,19,21-26,30,32,35-39,48H,10,17-18,20H2,1-9H3,(H,43,49)/b14-13+/t22-,23+,24+,25-,26-,30+,32+,35-,36+,37-,38?,39+,41-/m1/s1. The molecule has 0 bridgehead atoms. The van der Waals surface area contributed by atoms with E-state index in [1.165, 1.54) is 0 Å². The Morgan fingerprint density at radius 1 is 1.04 bits per heavy atom. The fourth-order valence-electron chi connectivity index (χ4n) is 8.46. The summed E-state index contributed by atoms with van der Waals surface area (Å²) in [5, 5.41) is 15.2. The molecule has 2 aromatic rings. The molecule has 54 heavy (non-hydrogen) atoms. The summed E-state index contributed by atoms with van der Waals surface area (Å²) >= 11 is 0. The van der Waals surface area contributed by atoms with Crippen molar-refractivity contribution >= 4 is 40.6 Å². The number of esters is 1. The lowest BCUT2D eigenvalue weighted by Gasteiger charge is -2.45. The molecule has 296 valence electrons. The molecule has 1 unspecified atom stereocenters. The van der Waals surface area contributed by atoms with Gasteiger partial charge in [-0.3, -0.25) is 19.4 Å². The Kier molecular flexibility index (Phi) is 13.3. The zero-order valence-electron chi connectivity index (χ0n) is 32.9. The maximum absolute atomic E-state index is 14.6. The Morgan fingerprint density at radius 3 is 2.46 bits per heavy atom. The number of nitrogens with zero attached hydrogens (tertiary/aromatic N) is 2. The summed E-state index contributed by atoms with van der Waals surface area (Å²) in [7, 11) is 3.74. The van der Waals surface area contributed by atoms with Crippen LogP contribution < -0.4 is 5.32 Å². The summed E-state index contributed by atoms with van der Waals surface area (Å²) in [6, 6.07) is 8.73. The van der Waals surface area contributed by atoms with Crippen LogP contribution in [0.2, 0.25) is 0 Å². The average molecular weight is 752 g/mol. The molecule has 3 aliphatic rings. The second-order valence-electron chi connectivity index (χ2n) is 15.7. The number of aliphatic hydroxyl groups excluding tert-OH is 1. The molecule has 13 heteroatoms. The molecule has 13 atom stereocenters. The number of aliphatic hydroxyl groups is 1. The lowest BCUT2D eigenvalue weighted by Crippen LogP contribution is -2.58. The molecule has 4 heterocycles. The molecule has 1 amide bonds. The maximum atomic E-state index is 14.6. The molecule has 0 aliphatic carbocycles. The first-order valence-corrected chi connectivity index (χ1v) is 19.1. The van der Waals surface area contributed by atoms with Crippen molar-refractivity contribution in [3.8, 4) is 0 Å². The number of cyclic esters (lactones) is 1. The maximum Gasteiger partial charge on any atom is 0.408 e. The van der Waals surface area contributed by atoms with Gasteiger partial charge in [0.05, 0.1) is 36.5 Å². The zero-order chi connectivity index (χ0) is 39.5. The molecular formula is C41H57N3O10. The Morgan fingerprint density at radius 2 is 1.76 bits per heavy atom. The quantitative estimate of drug-likeness (QED) is 0.283. The summed E-state index contributed by atoms with van der Waals surface area (Å²) in [5.41, 5.74) is 0.372. The van der Waals surface area contributed by atoms with Crippen molar-refractivity contribution in [1.82, 2.24) is 15.2 Å². The third-order valence-corrected chi connectivity index (χ3v) is 11.6. The highest BCUT2D eigenvalue weighted by molar-refractivity contribution is 5.97. The fourth-order valence-corrected chi connectivity index (χ4v) is 8.46. The molecule has 0 radical (unpaired) electrons. The zero-order valence-corrected chi connectivity index (χ0v) is 32.9. The number of hydrogen-bond acceptors (Lipinski definition) is 12. The van der Waals surface area contributed by atoms with Gasteiger partial charge in [0, 0.05) is 41.3 Å². The van der Waals surface area contributed by atoms with E-state index in [1.807, 2.05) is 75.3 Å². The number of carbonyl (C=O) groups is 4. The number of nitrogens with one attached hydrogen (secondary N) is 1. The van der Waals surface area contributed by atoms with Crippen LogP contribution in [0.15, 0.2) is 42.6 Å². The van der Waals surface area contributed by atoms with Crippen molar-refractivity contribution in [2.75, 3.05) is 20.7 Å². The van der Waals surface area contributed by atoms with E-state index in [0.717, 1.165) is 16.5 Å². The van der Waals surface area contributed by atoms with Crippen LogP contribution in [0.3, 0.4) is 0 Å². The highest BCUT2D eigenvalue weighted by Gasteiger charge is 2.56.